The Balaban J connectivity index is 1.59. The molecule has 1 aromatic rings. The summed E-state index contributed by atoms with van der Waals surface area (Å²) in [6, 6.07) is 1.77. The smallest absolute Gasteiger partial charge is 0.435 e. The number of likely N-dealkylation sites (tertiary alicyclic amines) is 1. The zero-order chi connectivity index (χ0) is 24.3. The van der Waals surface area contributed by atoms with Gasteiger partial charge in [-0.1, -0.05) is 18.2 Å². The van der Waals surface area contributed by atoms with Crippen LogP contribution in [-0.4, -0.2) is 69.4 Å². The van der Waals surface area contributed by atoms with E-state index in [4.69, 9.17) is 0 Å². The van der Waals surface area contributed by atoms with Gasteiger partial charge in [0.25, 0.3) is 0 Å². The first kappa shape index (κ1) is 24.4. The number of nitrogens with zero attached hydrogens (tertiary/aromatic N) is 2. The molecule has 0 bridgehead atoms. The Morgan fingerprint density at radius 3 is 2.30 bits per heavy atom. The molecular formula is C21H23F7N2O2S. The number of fused-ring (bicyclic) bond motifs is 3. The highest BCUT2D eigenvalue weighted by atomic mass is 32.2. The van der Waals surface area contributed by atoms with Gasteiger partial charge in [-0.05, 0) is 48.5 Å². The van der Waals surface area contributed by atoms with E-state index in [1.807, 2.05) is 6.92 Å². The average Bonchev–Trinajstić information content (AvgIpc) is 3.15. The van der Waals surface area contributed by atoms with Gasteiger partial charge in [0.15, 0.2) is 0 Å². The zero-order valence-corrected chi connectivity index (χ0v) is 18.5. The minimum Gasteiger partial charge on any atom is -0.616 e. The fourth-order valence-corrected chi connectivity index (χ4v) is 6.60. The Kier molecular flexibility index (Phi) is 6.08. The number of hydrogen-bond donors (Lipinski definition) is 0. The van der Waals surface area contributed by atoms with Crippen molar-refractivity contribution in [3.05, 3.63) is 34.9 Å². The molecule has 2 amide bonds. The fourth-order valence-electron chi connectivity index (χ4n) is 5.31. The topological polar surface area (TPSA) is 46.6 Å². The summed E-state index contributed by atoms with van der Waals surface area (Å²) in [6.45, 7) is 2.60. The number of halogens is 7. The fraction of sp³-hybridized carbons (Fsp3) is 0.667. The second-order valence-corrected chi connectivity index (χ2v) is 10.5. The molecule has 0 N–H and O–H groups in total. The third kappa shape index (κ3) is 3.96. The molecule has 1 aliphatic carbocycles. The monoisotopic (exact) mass is 500 g/mol. The molecule has 4 nitrogen and oxygen atoms in total. The van der Waals surface area contributed by atoms with Crippen molar-refractivity contribution in [2.45, 2.75) is 62.2 Å². The van der Waals surface area contributed by atoms with Crippen molar-refractivity contribution < 1.29 is 40.1 Å². The first-order chi connectivity index (χ1) is 15.3. The van der Waals surface area contributed by atoms with Crippen LogP contribution >= 0.6 is 0 Å². The summed E-state index contributed by atoms with van der Waals surface area (Å²) in [7, 11) is 0. The molecule has 0 radical (unpaired) electrons. The van der Waals surface area contributed by atoms with E-state index in [9.17, 15) is 40.1 Å². The van der Waals surface area contributed by atoms with Gasteiger partial charge in [0.1, 0.15) is 11.5 Å². The van der Waals surface area contributed by atoms with Crippen molar-refractivity contribution in [1.82, 2.24) is 9.80 Å². The highest BCUT2D eigenvalue weighted by molar-refractivity contribution is 7.91. The zero-order valence-electron chi connectivity index (χ0n) is 17.7. The minimum atomic E-state index is -6.15. The number of benzene rings is 1. The highest BCUT2D eigenvalue weighted by Crippen LogP contribution is 2.54. The van der Waals surface area contributed by atoms with Crippen LogP contribution in [0.1, 0.15) is 42.4 Å². The summed E-state index contributed by atoms with van der Waals surface area (Å²) < 4.78 is 105. The normalized spacial score (nSPS) is 28.5. The maximum absolute atomic E-state index is 14.5. The van der Waals surface area contributed by atoms with Gasteiger partial charge in [0.05, 0.1) is 12.6 Å². The molecule has 3 unspecified atom stereocenters. The molecule has 2 aliphatic heterocycles. The van der Waals surface area contributed by atoms with Crippen LogP contribution in [0.5, 0.6) is 0 Å². The van der Waals surface area contributed by atoms with Gasteiger partial charge in [0.2, 0.25) is 0 Å². The van der Waals surface area contributed by atoms with Crippen LogP contribution < -0.4 is 0 Å². The molecule has 3 aliphatic rings. The van der Waals surface area contributed by atoms with Crippen LogP contribution in [0.25, 0.3) is 0 Å². The van der Waals surface area contributed by atoms with Gasteiger partial charge in [-0.15, -0.1) is 0 Å². The summed E-state index contributed by atoms with van der Waals surface area (Å²) in [6.07, 6.45) is -11.3. The maximum atomic E-state index is 14.5. The van der Waals surface area contributed by atoms with Gasteiger partial charge < -0.3 is 14.4 Å². The average molecular weight is 500 g/mol. The molecule has 4 rings (SSSR count). The van der Waals surface area contributed by atoms with Crippen molar-refractivity contribution in [3.8, 4) is 0 Å². The lowest BCUT2D eigenvalue weighted by atomic mass is 9.77. The predicted molar refractivity (Wildman–Crippen MR) is 107 cm³/mol. The maximum Gasteiger partial charge on any atom is 0.435 e. The molecule has 12 heteroatoms. The first-order valence-corrected chi connectivity index (χ1v) is 12.1. The lowest BCUT2D eigenvalue weighted by Gasteiger charge is -2.40. The van der Waals surface area contributed by atoms with E-state index in [2.05, 4.69) is 0 Å². The van der Waals surface area contributed by atoms with Crippen molar-refractivity contribution >= 4 is 17.2 Å². The van der Waals surface area contributed by atoms with E-state index in [0.717, 1.165) is 6.07 Å². The molecule has 4 atom stereocenters. The first-order valence-electron chi connectivity index (χ1n) is 10.6. The Bertz CT molecular complexity index is 909. The molecule has 184 valence electrons. The van der Waals surface area contributed by atoms with Crippen LogP contribution in [0.15, 0.2) is 18.2 Å². The third-order valence-electron chi connectivity index (χ3n) is 6.99. The van der Waals surface area contributed by atoms with Crippen LogP contribution in [0, 0.1) is 0 Å². The number of carbonyl (C=O) groups excluding carboxylic acids is 1. The predicted octanol–water partition coefficient (Wildman–Crippen LogP) is 4.65. The summed E-state index contributed by atoms with van der Waals surface area (Å²) in [4.78, 5) is 16.5. The van der Waals surface area contributed by atoms with E-state index in [0.29, 0.717) is 55.1 Å². The number of rotatable bonds is 1. The second-order valence-electron chi connectivity index (χ2n) is 8.90. The highest BCUT2D eigenvalue weighted by Gasteiger charge is 2.73. The third-order valence-corrected chi connectivity index (χ3v) is 8.48. The lowest BCUT2D eigenvalue weighted by Crippen LogP contribution is -2.55. The summed E-state index contributed by atoms with van der Waals surface area (Å²) in [5.41, 5.74) is -6.11. The quantitative estimate of drug-likeness (QED) is 0.416. The molecule has 0 spiro atoms. The molecular weight excluding hydrogens is 477 g/mol. The number of hydrogen-bond acceptors (Lipinski definition) is 2. The van der Waals surface area contributed by atoms with Gasteiger partial charge in [-0.2, -0.15) is 26.3 Å². The van der Waals surface area contributed by atoms with Crippen molar-refractivity contribution in [2.24, 2.45) is 0 Å². The van der Waals surface area contributed by atoms with Crippen LogP contribution in [-0.2, 0) is 23.3 Å². The van der Waals surface area contributed by atoms with E-state index in [-0.39, 0.29) is 36.0 Å². The largest absolute Gasteiger partial charge is 0.616 e. The van der Waals surface area contributed by atoms with Gasteiger partial charge in [-0.3, -0.25) is 0 Å². The molecule has 33 heavy (non-hydrogen) atoms. The van der Waals surface area contributed by atoms with Gasteiger partial charge in [0, 0.05) is 24.1 Å². The van der Waals surface area contributed by atoms with Crippen molar-refractivity contribution in [3.63, 3.8) is 0 Å². The van der Waals surface area contributed by atoms with E-state index in [1.165, 1.54) is 0 Å². The number of urea groups is 1. The van der Waals surface area contributed by atoms with Crippen LogP contribution in [0.2, 0.25) is 0 Å². The van der Waals surface area contributed by atoms with E-state index >= 15 is 0 Å². The Hall–Kier alpha value is -1.69. The Labute approximate surface area is 189 Å². The number of alkyl halides is 7. The molecule has 2 saturated heterocycles. The molecule has 0 aromatic heterocycles. The van der Waals surface area contributed by atoms with Crippen molar-refractivity contribution in [2.75, 3.05) is 24.6 Å². The van der Waals surface area contributed by atoms with Crippen LogP contribution in [0.3, 0.4) is 0 Å². The number of amides is 2. The van der Waals surface area contributed by atoms with E-state index in [1.54, 1.807) is 9.80 Å². The molecule has 2 fully saturated rings. The Morgan fingerprint density at radius 2 is 1.70 bits per heavy atom. The second kappa shape index (κ2) is 8.21. The van der Waals surface area contributed by atoms with Gasteiger partial charge in [-0.25, -0.2) is 9.18 Å². The molecule has 2 heterocycles. The van der Waals surface area contributed by atoms with E-state index < -0.39 is 34.8 Å². The van der Waals surface area contributed by atoms with Gasteiger partial charge >= 0.3 is 24.1 Å². The standard InChI is InChI=1S/C21H23F7N2O2S/c1-12-11-33(32)9-8-29(12)18(31)30-7-6-16-15-4-3-14(10-13(15)2-5-17(16)30)19(22,20(23,24)25)21(26,27)28/h3-4,10,12,16-17H,2,5-9,11H2,1H3/t12?,16-,17?,33?/m0/s1. The number of carbonyl (C=O) groups is 1. The lowest BCUT2D eigenvalue weighted by molar-refractivity contribution is -0.348. The SMILES string of the molecule is CC1C[S+]([O-])CCN1C(=O)N1CC[C@H]2c3ccc(C(F)(C(F)(F)F)C(F)(F)F)cc3CCC21. The Morgan fingerprint density at radius 1 is 1.03 bits per heavy atom. The van der Waals surface area contributed by atoms with Crippen LogP contribution in [0.4, 0.5) is 35.5 Å². The molecule has 0 saturated carbocycles. The molecule has 1 aromatic carbocycles. The summed E-state index contributed by atoms with van der Waals surface area (Å²) >= 11 is -0.973. The van der Waals surface area contributed by atoms with Crippen molar-refractivity contribution in [1.29, 1.82) is 0 Å². The summed E-state index contributed by atoms with van der Waals surface area (Å²) in [5.74, 6) is 0.544. The number of aryl methyl sites for hydroxylation is 1. The minimum absolute atomic E-state index is 0.138. The summed E-state index contributed by atoms with van der Waals surface area (Å²) in [5, 5.41) is 0.